The van der Waals surface area contributed by atoms with Gasteiger partial charge >= 0.3 is 35.5 Å². The summed E-state index contributed by atoms with van der Waals surface area (Å²) in [4.78, 5) is 11.6. The molecule has 0 aromatic rings. The molecule has 0 fully saturated rings. The summed E-state index contributed by atoms with van der Waals surface area (Å²) in [6.07, 6.45) is -0.755. The normalized spacial score (nSPS) is 12.3. The molecular formula is C6H15N2NaO3. The van der Waals surface area contributed by atoms with Crippen molar-refractivity contribution in [1.29, 1.82) is 0 Å². The van der Waals surface area contributed by atoms with Gasteiger partial charge in [-0.15, -0.1) is 0 Å². The van der Waals surface area contributed by atoms with E-state index in [-0.39, 0.29) is 36.1 Å². The third-order valence-corrected chi connectivity index (χ3v) is 1.28. The first-order valence-corrected chi connectivity index (χ1v) is 3.42. The molecule has 1 atom stereocenters. The predicted molar refractivity (Wildman–Crippen MR) is 47.1 cm³/mol. The first-order valence-electron chi connectivity index (χ1n) is 3.42. The van der Waals surface area contributed by atoms with Crippen molar-refractivity contribution in [3.05, 3.63) is 0 Å². The summed E-state index contributed by atoms with van der Waals surface area (Å²) in [7, 11) is 0. The van der Waals surface area contributed by atoms with E-state index in [2.05, 4.69) is 0 Å². The molecule has 0 rings (SSSR count). The Morgan fingerprint density at radius 1 is 1.67 bits per heavy atom. The molecule has 68 valence electrons. The average Bonchev–Trinajstić information content (AvgIpc) is 1.86. The zero-order valence-corrected chi connectivity index (χ0v) is 6.53. The Hall–Kier alpha value is 0.350. The van der Waals surface area contributed by atoms with Gasteiger partial charge < -0.3 is 15.9 Å². The van der Waals surface area contributed by atoms with Gasteiger partial charge in [0.05, 0.1) is 6.54 Å². The van der Waals surface area contributed by atoms with Crippen LogP contribution in [0.1, 0.15) is 6.92 Å². The third kappa shape index (κ3) is 7.02. The molecule has 0 heterocycles. The summed E-state index contributed by atoms with van der Waals surface area (Å²) < 4.78 is 0. The van der Waals surface area contributed by atoms with Crippen LogP contribution in [0, 0.1) is 0 Å². The van der Waals surface area contributed by atoms with E-state index < -0.39 is 12.2 Å². The van der Waals surface area contributed by atoms with Gasteiger partial charge in [0.15, 0.2) is 0 Å². The van der Waals surface area contributed by atoms with Gasteiger partial charge in [0, 0.05) is 13.1 Å². The Morgan fingerprint density at radius 3 is 2.42 bits per heavy atom. The predicted octanol–water partition coefficient (Wildman–Crippen LogP) is -1.98. The van der Waals surface area contributed by atoms with Crippen LogP contribution >= 0.6 is 0 Å². The summed E-state index contributed by atoms with van der Waals surface area (Å²) in [5.74, 6) is -0.959. The molecule has 0 saturated heterocycles. The van der Waals surface area contributed by atoms with E-state index in [9.17, 15) is 4.79 Å². The fraction of sp³-hybridized carbons (Fsp3) is 0.833. The van der Waals surface area contributed by atoms with Gasteiger partial charge in [-0.1, -0.05) is 0 Å². The van der Waals surface area contributed by atoms with E-state index in [0.717, 1.165) is 0 Å². The minimum absolute atomic E-state index is 0. The molecule has 0 aliphatic carbocycles. The third-order valence-electron chi connectivity index (χ3n) is 1.28. The van der Waals surface area contributed by atoms with Gasteiger partial charge in [0.25, 0.3) is 0 Å². The van der Waals surface area contributed by atoms with Gasteiger partial charge in [-0.3, -0.25) is 9.69 Å². The number of aliphatic carboxylic acids is 1. The van der Waals surface area contributed by atoms with Crippen LogP contribution in [0.3, 0.4) is 0 Å². The van der Waals surface area contributed by atoms with Crippen LogP contribution in [0.2, 0.25) is 0 Å². The van der Waals surface area contributed by atoms with Crippen molar-refractivity contribution < 1.29 is 15.0 Å². The quantitative estimate of drug-likeness (QED) is 0.342. The second-order valence-corrected chi connectivity index (χ2v) is 2.28. The van der Waals surface area contributed by atoms with E-state index in [4.69, 9.17) is 15.9 Å². The number of nitrogens with zero attached hydrogens (tertiary/aromatic N) is 1. The van der Waals surface area contributed by atoms with Crippen LogP contribution in [0.5, 0.6) is 0 Å². The Kier molecular flexibility index (Phi) is 9.87. The molecule has 6 heteroatoms. The summed E-state index contributed by atoms with van der Waals surface area (Å²) in [6, 6.07) is 0. The fourth-order valence-electron chi connectivity index (χ4n) is 0.738. The molecular weight excluding hydrogens is 171 g/mol. The molecule has 0 aromatic carbocycles. The molecule has 1 unspecified atom stereocenters. The van der Waals surface area contributed by atoms with Gasteiger partial charge in [-0.2, -0.15) is 0 Å². The standard InChI is InChI=1S/C6H14N2O3.Na.H/c1-5(9)8(3-2-7)4-6(10)11;;/h5,9H,2-4,7H2,1H3,(H,10,11);;. The van der Waals surface area contributed by atoms with Crippen molar-refractivity contribution in [3.63, 3.8) is 0 Å². The number of hydrogen-bond acceptors (Lipinski definition) is 4. The second kappa shape index (κ2) is 7.97. The molecule has 4 N–H and O–H groups in total. The molecule has 0 aliphatic rings. The molecule has 0 bridgehead atoms. The summed E-state index contributed by atoms with van der Waals surface area (Å²) in [5.41, 5.74) is 5.20. The Morgan fingerprint density at radius 2 is 2.17 bits per heavy atom. The summed E-state index contributed by atoms with van der Waals surface area (Å²) in [6.45, 7) is 2.08. The van der Waals surface area contributed by atoms with Crippen LogP contribution in [0.4, 0.5) is 0 Å². The number of aliphatic hydroxyl groups is 1. The molecule has 0 saturated carbocycles. The van der Waals surface area contributed by atoms with E-state index >= 15 is 0 Å². The zero-order valence-electron chi connectivity index (χ0n) is 6.53. The molecule has 5 nitrogen and oxygen atoms in total. The number of carbonyl (C=O) groups is 1. The topological polar surface area (TPSA) is 86.8 Å². The van der Waals surface area contributed by atoms with E-state index in [1.807, 2.05) is 0 Å². The van der Waals surface area contributed by atoms with Crippen LogP contribution < -0.4 is 5.73 Å². The van der Waals surface area contributed by atoms with Crippen LogP contribution in [0.15, 0.2) is 0 Å². The fourth-order valence-corrected chi connectivity index (χ4v) is 0.738. The summed E-state index contributed by atoms with van der Waals surface area (Å²) in [5, 5.41) is 17.4. The molecule has 0 amide bonds. The van der Waals surface area contributed by atoms with Crippen molar-refractivity contribution in [2.45, 2.75) is 13.2 Å². The van der Waals surface area contributed by atoms with Crippen LogP contribution in [-0.2, 0) is 4.79 Å². The monoisotopic (exact) mass is 186 g/mol. The van der Waals surface area contributed by atoms with Gasteiger partial charge in [0.1, 0.15) is 6.23 Å². The van der Waals surface area contributed by atoms with E-state index in [0.29, 0.717) is 13.1 Å². The maximum absolute atomic E-state index is 10.2. The first-order chi connectivity index (χ1) is 5.07. The van der Waals surface area contributed by atoms with Crippen molar-refractivity contribution in [2.75, 3.05) is 19.6 Å². The number of aliphatic hydroxyl groups excluding tert-OH is 1. The Balaban J connectivity index is 0. The second-order valence-electron chi connectivity index (χ2n) is 2.28. The molecule has 0 spiro atoms. The number of carboxylic acid groups (broad SMARTS) is 1. The van der Waals surface area contributed by atoms with E-state index in [1.54, 1.807) is 0 Å². The number of nitrogens with two attached hydrogens (primary N) is 1. The van der Waals surface area contributed by atoms with Crippen molar-refractivity contribution >= 4 is 35.5 Å². The average molecular weight is 186 g/mol. The van der Waals surface area contributed by atoms with E-state index in [1.165, 1.54) is 11.8 Å². The van der Waals surface area contributed by atoms with Gasteiger partial charge in [-0.25, -0.2) is 0 Å². The zero-order chi connectivity index (χ0) is 8.85. The van der Waals surface area contributed by atoms with Crippen molar-refractivity contribution in [3.8, 4) is 0 Å². The SMILES string of the molecule is CC(O)N(CCN)CC(=O)O.[NaH]. The van der Waals surface area contributed by atoms with Gasteiger partial charge in [-0.05, 0) is 6.92 Å². The van der Waals surface area contributed by atoms with Crippen LogP contribution in [-0.4, -0.2) is 76.5 Å². The molecule has 0 aromatic heterocycles. The Labute approximate surface area is 93.8 Å². The van der Waals surface area contributed by atoms with Gasteiger partial charge in [0.2, 0.25) is 0 Å². The summed E-state index contributed by atoms with van der Waals surface area (Å²) >= 11 is 0. The number of rotatable bonds is 5. The number of hydrogen-bond donors (Lipinski definition) is 3. The Bertz CT molecular complexity index is 132. The minimum atomic E-state index is -0.959. The van der Waals surface area contributed by atoms with Crippen LogP contribution in [0.25, 0.3) is 0 Å². The maximum atomic E-state index is 10.2. The molecule has 0 aliphatic heterocycles. The number of carboxylic acids is 1. The molecule has 12 heavy (non-hydrogen) atoms. The van der Waals surface area contributed by atoms with Crippen molar-refractivity contribution in [1.82, 2.24) is 4.90 Å². The molecule has 0 radical (unpaired) electrons. The first kappa shape index (κ1) is 14.9. The van der Waals surface area contributed by atoms with Crippen molar-refractivity contribution in [2.24, 2.45) is 5.73 Å².